The zero-order chi connectivity index (χ0) is 11.2. The molecule has 0 aliphatic rings. The minimum Gasteiger partial charge on any atom is -0.372 e. The highest BCUT2D eigenvalue weighted by Gasteiger charge is 2.00. The van der Waals surface area contributed by atoms with Crippen LogP contribution in [0.4, 0.5) is 11.6 Å². The largest absolute Gasteiger partial charge is 0.372 e. The molecule has 0 saturated heterocycles. The van der Waals surface area contributed by atoms with Gasteiger partial charge in [0.15, 0.2) is 6.33 Å². The van der Waals surface area contributed by atoms with Crippen molar-refractivity contribution in [3.63, 3.8) is 0 Å². The van der Waals surface area contributed by atoms with E-state index in [9.17, 15) is 0 Å². The van der Waals surface area contributed by atoms with E-state index < -0.39 is 0 Å². The van der Waals surface area contributed by atoms with Gasteiger partial charge in [-0.05, 0) is 0 Å². The Labute approximate surface area is 92.3 Å². The molecule has 2 aromatic heterocycles. The second-order valence-corrected chi connectivity index (χ2v) is 3.05. The second kappa shape index (κ2) is 5.06. The Morgan fingerprint density at radius 1 is 1.31 bits per heavy atom. The molecule has 7 nitrogen and oxygen atoms in total. The molecule has 0 aliphatic heterocycles. The van der Waals surface area contributed by atoms with Crippen molar-refractivity contribution in [3.8, 4) is 0 Å². The summed E-state index contributed by atoms with van der Waals surface area (Å²) in [5.41, 5.74) is 0. The first-order valence-corrected chi connectivity index (χ1v) is 4.87. The lowest BCUT2D eigenvalue weighted by molar-refractivity contribution is 0.379. The van der Waals surface area contributed by atoms with Gasteiger partial charge in [0.25, 0.3) is 0 Å². The van der Waals surface area contributed by atoms with E-state index in [1.807, 2.05) is 0 Å². The summed E-state index contributed by atoms with van der Waals surface area (Å²) in [4.78, 5) is 12.2. The van der Waals surface area contributed by atoms with E-state index in [-0.39, 0.29) is 0 Å². The van der Waals surface area contributed by atoms with Crippen LogP contribution >= 0.6 is 0 Å². The average Bonchev–Trinajstić information content (AvgIpc) is 2.82. The zero-order valence-corrected chi connectivity index (χ0v) is 8.84. The van der Waals surface area contributed by atoms with E-state index in [1.54, 1.807) is 19.4 Å². The van der Waals surface area contributed by atoms with Gasteiger partial charge in [0, 0.05) is 20.0 Å². The summed E-state index contributed by atoms with van der Waals surface area (Å²) < 4.78 is 4.87. The van der Waals surface area contributed by atoms with Gasteiger partial charge >= 0.3 is 0 Å². The minimum absolute atomic E-state index is 0.602. The second-order valence-electron chi connectivity index (χ2n) is 3.05. The highest BCUT2D eigenvalue weighted by Crippen LogP contribution is 2.05. The molecular weight excluding hydrogens is 208 g/mol. The van der Waals surface area contributed by atoms with Gasteiger partial charge in [0.05, 0.1) is 12.4 Å². The standard InChI is InChI=1S/C9H12N6O/c1-10-7-4-11-5-8(15-7)12-3-2-9-13-6-14-16-9/h4-6H,2-3H2,1H3,(H2,10,12,15). The predicted molar refractivity (Wildman–Crippen MR) is 58.1 cm³/mol. The number of rotatable bonds is 5. The summed E-state index contributed by atoms with van der Waals surface area (Å²) in [5.74, 6) is 2.04. The van der Waals surface area contributed by atoms with Gasteiger partial charge in [0.2, 0.25) is 5.89 Å². The van der Waals surface area contributed by atoms with Crippen molar-refractivity contribution in [2.75, 3.05) is 24.2 Å². The quantitative estimate of drug-likeness (QED) is 0.760. The van der Waals surface area contributed by atoms with Crippen molar-refractivity contribution in [1.82, 2.24) is 20.1 Å². The first kappa shape index (κ1) is 10.3. The lowest BCUT2D eigenvalue weighted by atomic mass is 10.4. The van der Waals surface area contributed by atoms with Gasteiger partial charge in [-0.25, -0.2) is 4.98 Å². The van der Waals surface area contributed by atoms with Crippen LogP contribution in [0, 0.1) is 0 Å². The molecule has 0 aliphatic carbocycles. The summed E-state index contributed by atoms with van der Waals surface area (Å²) in [5, 5.41) is 9.56. The van der Waals surface area contributed by atoms with Crippen LogP contribution in [0.2, 0.25) is 0 Å². The van der Waals surface area contributed by atoms with E-state index in [0.29, 0.717) is 24.7 Å². The van der Waals surface area contributed by atoms with E-state index in [2.05, 4.69) is 30.7 Å². The van der Waals surface area contributed by atoms with Crippen molar-refractivity contribution in [2.45, 2.75) is 6.42 Å². The lowest BCUT2D eigenvalue weighted by Gasteiger charge is -2.04. The lowest BCUT2D eigenvalue weighted by Crippen LogP contribution is -2.07. The Bertz CT molecular complexity index is 429. The van der Waals surface area contributed by atoms with Crippen LogP contribution in [0.15, 0.2) is 23.2 Å². The average molecular weight is 220 g/mol. The van der Waals surface area contributed by atoms with E-state index >= 15 is 0 Å². The fourth-order valence-corrected chi connectivity index (χ4v) is 1.18. The Hall–Kier alpha value is -2.18. The molecule has 0 spiro atoms. The number of hydrogen-bond acceptors (Lipinski definition) is 7. The summed E-state index contributed by atoms with van der Waals surface area (Å²) in [6.07, 6.45) is 5.36. The Balaban J connectivity index is 1.85. The van der Waals surface area contributed by atoms with Crippen LogP contribution in [0.1, 0.15) is 5.89 Å². The van der Waals surface area contributed by atoms with Gasteiger partial charge in [-0.15, -0.1) is 0 Å². The molecular formula is C9H12N6O. The molecule has 0 aromatic carbocycles. The molecule has 0 radical (unpaired) electrons. The minimum atomic E-state index is 0.602. The molecule has 0 unspecified atom stereocenters. The third-order valence-electron chi connectivity index (χ3n) is 1.94. The summed E-state index contributed by atoms with van der Waals surface area (Å²) in [7, 11) is 1.80. The van der Waals surface area contributed by atoms with Crippen LogP contribution in [-0.4, -0.2) is 33.7 Å². The maximum absolute atomic E-state index is 4.87. The maximum atomic E-state index is 4.87. The zero-order valence-electron chi connectivity index (χ0n) is 8.84. The van der Waals surface area contributed by atoms with Crippen LogP contribution in [-0.2, 0) is 6.42 Å². The van der Waals surface area contributed by atoms with E-state index in [4.69, 9.17) is 4.52 Å². The van der Waals surface area contributed by atoms with Gasteiger partial charge in [-0.2, -0.15) is 4.98 Å². The molecule has 2 rings (SSSR count). The smallest absolute Gasteiger partial charge is 0.228 e. The SMILES string of the molecule is CNc1cncc(NCCc2ncno2)n1. The highest BCUT2D eigenvalue weighted by molar-refractivity contribution is 5.40. The summed E-state index contributed by atoms with van der Waals surface area (Å²) in [6, 6.07) is 0. The molecule has 0 amide bonds. The first-order chi connectivity index (χ1) is 7.88. The molecule has 16 heavy (non-hydrogen) atoms. The van der Waals surface area contributed by atoms with Crippen molar-refractivity contribution in [3.05, 3.63) is 24.6 Å². The number of nitrogens with one attached hydrogen (secondary N) is 2. The van der Waals surface area contributed by atoms with Crippen LogP contribution in [0.5, 0.6) is 0 Å². The monoisotopic (exact) mass is 220 g/mol. The first-order valence-electron chi connectivity index (χ1n) is 4.87. The van der Waals surface area contributed by atoms with Crippen molar-refractivity contribution >= 4 is 11.6 Å². The molecule has 2 aromatic rings. The normalized spacial score (nSPS) is 10.1. The van der Waals surface area contributed by atoms with Crippen molar-refractivity contribution < 1.29 is 4.52 Å². The van der Waals surface area contributed by atoms with Crippen LogP contribution in [0.25, 0.3) is 0 Å². The molecule has 0 bridgehead atoms. The third-order valence-corrected chi connectivity index (χ3v) is 1.94. The molecule has 0 atom stereocenters. The van der Waals surface area contributed by atoms with Gasteiger partial charge in [0.1, 0.15) is 11.6 Å². The molecule has 2 N–H and O–H groups in total. The van der Waals surface area contributed by atoms with Gasteiger partial charge in [-0.1, -0.05) is 5.16 Å². The number of anilines is 2. The number of nitrogens with zero attached hydrogens (tertiary/aromatic N) is 4. The molecule has 0 fully saturated rings. The van der Waals surface area contributed by atoms with E-state index in [0.717, 1.165) is 5.82 Å². The van der Waals surface area contributed by atoms with Crippen LogP contribution in [0.3, 0.4) is 0 Å². The van der Waals surface area contributed by atoms with Crippen molar-refractivity contribution in [2.24, 2.45) is 0 Å². The molecule has 7 heteroatoms. The third kappa shape index (κ3) is 2.66. The number of aromatic nitrogens is 4. The van der Waals surface area contributed by atoms with E-state index in [1.165, 1.54) is 6.33 Å². The Morgan fingerprint density at radius 3 is 2.94 bits per heavy atom. The number of hydrogen-bond donors (Lipinski definition) is 2. The Morgan fingerprint density at radius 2 is 2.19 bits per heavy atom. The van der Waals surface area contributed by atoms with Gasteiger partial charge < -0.3 is 15.2 Å². The van der Waals surface area contributed by atoms with Crippen LogP contribution < -0.4 is 10.6 Å². The predicted octanol–water partition coefficient (Wildman–Crippen LogP) is 0.556. The van der Waals surface area contributed by atoms with Gasteiger partial charge in [-0.3, -0.25) is 4.98 Å². The topological polar surface area (TPSA) is 88.8 Å². The molecule has 2 heterocycles. The fraction of sp³-hybridized carbons (Fsp3) is 0.333. The molecule has 84 valence electrons. The molecule has 0 saturated carbocycles. The Kier molecular flexibility index (Phi) is 3.27. The van der Waals surface area contributed by atoms with Crippen molar-refractivity contribution in [1.29, 1.82) is 0 Å². The maximum Gasteiger partial charge on any atom is 0.228 e. The fourth-order valence-electron chi connectivity index (χ4n) is 1.18. The highest BCUT2D eigenvalue weighted by atomic mass is 16.5. The summed E-state index contributed by atoms with van der Waals surface area (Å²) in [6.45, 7) is 0.671. The summed E-state index contributed by atoms with van der Waals surface area (Å²) >= 11 is 0.